The number of aromatic nitrogens is 1. The van der Waals surface area contributed by atoms with Gasteiger partial charge in [-0.05, 0) is 18.4 Å². The Morgan fingerprint density at radius 1 is 1.57 bits per heavy atom. The van der Waals surface area contributed by atoms with Gasteiger partial charge in [-0.3, -0.25) is 0 Å². The van der Waals surface area contributed by atoms with Crippen molar-refractivity contribution in [2.45, 2.75) is 26.4 Å². The van der Waals surface area contributed by atoms with E-state index >= 15 is 0 Å². The van der Waals surface area contributed by atoms with Crippen LogP contribution in [-0.2, 0) is 0 Å². The first-order valence-corrected chi connectivity index (χ1v) is 4.97. The van der Waals surface area contributed by atoms with Gasteiger partial charge in [-0.25, -0.2) is 4.98 Å². The van der Waals surface area contributed by atoms with Gasteiger partial charge in [0.1, 0.15) is 5.82 Å². The van der Waals surface area contributed by atoms with Crippen LogP contribution in [0.2, 0.25) is 5.02 Å². The van der Waals surface area contributed by atoms with Crippen molar-refractivity contribution in [3.63, 3.8) is 0 Å². The van der Waals surface area contributed by atoms with E-state index in [1.165, 1.54) is 6.20 Å². The van der Waals surface area contributed by atoms with Crippen molar-refractivity contribution in [3.8, 4) is 0 Å². The molecule has 3 nitrogen and oxygen atoms in total. The van der Waals surface area contributed by atoms with E-state index < -0.39 is 6.10 Å². The summed E-state index contributed by atoms with van der Waals surface area (Å²) >= 11 is 5.77. The average Bonchev–Trinajstić information content (AvgIpc) is 2.08. The average molecular weight is 215 g/mol. The SMILES string of the molecule is CC(C)CC(O)c1cc(Cl)cnc1N. The second-order valence-electron chi connectivity index (χ2n) is 3.77. The highest BCUT2D eigenvalue weighted by atomic mass is 35.5. The minimum absolute atomic E-state index is 0.350. The molecule has 0 aromatic carbocycles. The molecule has 1 aromatic rings. The molecule has 3 N–H and O–H groups in total. The lowest BCUT2D eigenvalue weighted by Crippen LogP contribution is -2.06. The lowest BCUT2D eigenvalue weighted by molar-refractivity contribution is 0.151. The van der Waals surface area contributed by atoms with Gasteiger partial charge >= 0.3 is 0 Å². The molecule has 0 aliphatic rings. The summed E-state index contributed by atoms with van der Waals surface area (Å²) in [5, 5.41) is 10.3. The van der Waals surface area contributed by atoms with Crippen LogP contribution in [0.3, 0.4) is 0 Å². The Balaban J connectivity index is 2.88. The van der Waals surface area contributed by atoms with Crippen LogP contribution in [-0.4, -0.2) is 10.1 Å². The minimum Gasteiger partial charge on any atom is -0.388 e. The third-order valence-electron chi connectivity index (χ3n) is 1.97. The first kappa shape index (κ1) is 11.3. The van der Waals surface area contributed by atoms with Gasteiger partial charge in [0.25, 0.3) is 0 Å². The highest BCUT2D eigenvalue weighted by molar-refractivity contribution is 6.30. The molecular formula is C10H15ClN2O. The summed E-state index contributed by atoms with van der Waals surface area (Å²) in [7, 11) is 0. The fraction of sp³-hybridized carbons (Fsp3) is 0.500. The standard InChI is InChI=1S/C10H15ClN2O/c1-6(2)3-9(14)8-4-7(11)5-13-10(8)12/h4-6,9,14H,3H2,1-2H3,(H2,12,13). The molecule has 78 valence electrons. The number of pyridine rings is 1. The molecular weight excluding hydrogens is 200 g/mol. The monoisotopic (exact) mass is 214 g/mol. The Morgan fingerprint density at radius 2 is 2.21 bits per heavy atom. The highest BCUT2D eigenvalue weighted by Gasteiger charge is 2.13. The van der Waals surface area contributed by atoms with Gasteiger partial charge in [-0.1, -0.05) is 25.4 Å². The molecule has 1 atom stereocenters. The van der Waals surface area contributed by atoms with Crippen LogP contribution in [0.5, 0.6) is 0 Å². The molecule has 1 aromatic heterocycles. The zero-order valence-corrected chi connectivity index (χ0v) is 9.12. The van der Waals surface area contributed by atoms with E-state index in [4.69, 9.17) is 17.3 Å². The van der Waals surface area contributed by atoms with Crippen molar-refractivity contribution in [2.24, 2.45) is 5.92 Å². The van der Waals surface area contributed by atoms with Gasteiger partial charge in [-0.2, -0.15) is 0 Å². The van der Waals surface area contributed by atoms with Crippen molar-refractivity contribution < 1.29 is 5.11 Å². The maximum absolute atomic E-state index is 9.82. The summed E-state index contributed by atoms with van der Waals surface area (Å²) in [5.74, 6) is 0.755. The zero-order chi connectivity index (χ0) is 10.7. The van der Waals surface area contributed by atoms with Crippen LogP contribution in [0.25, 0.3) is 0 Å². The molecule has 1 heterocycles. The molecule has 1 unspecified atom stereocenters. The molecule has 0 saturated carbocycles. The van der Waals surface area contributed by atoms with Gasteiger partial charge < -0.3 is 10.8 Å². The van der Waals surface area contributed by atoms with E-state index in [9.17, 15) is 5.11 Å². The molecule has 0 fully saturated rings. The van der Waals surface area contributed by atoms with Crippen LogP contribution in [0.1, 0.15) is 31.9 Å². The predicted molar refractivity (Wildman–Crippen MR) is 58.1 cm³/mol. The van der Waals surface area contributed by atoms with Crippen molar-refractivity contribution in [1.82, 2.24) is 4.98 Å². The third-order valence-corrected chi connectivity index (χ3v) is 2.18. The van der Waals surface area contributed by atoms with Crippen molar-refractivity contribution in [3.05, 3.63) is 22.8 Å². The van der Waals surface area contributed by atoms with Gasteiger partial charge in [0.2, 0.25) is 0 Å². The Hall–Kier alpha value is -0.800. The van der Waals surface area contributed by atoms with Crippen LogP contribution >= 0.6 is 11.6 Å². The Bertz CT molecular complexity index is 315. The van der Waals surface area contributed by atoms with Gasteiger partial charge in [-0.15, -0.1) is 0 Å². The Morgan fingerprint density at radius 3 is 2.79 bits per heavy atom. The van der Waals surface area contributed by atoms with E-state index in [-0.39, 0.29) is 0 Å². The minimum atomic E-state index is -0.582. The Kier molecular flexibility index (Phi) is 3.72. The normalized spacial score (nSPS) is 13.2. The molecule has 0 aliphatic heterocycles. The van der Waals surface area contributed by atoms with Crippen molar-refractivity contribution in [2.75, 3.05) is 5.73 Å². The van der Waals surface area contributed by atoms with E-state index in [1.54, 1.807) is 6.07 Å². The topological polar surface area (TPSA) is 59.1 Å². The number of hydrogen-bond acceptors (Lipinski definition) is 3. The maximum atomic E-state index is 9.82. The fourth-order valence-corrected chi connectivity index (χ4v) is 1.47. The van der Waals surface area contributed by atoms with E-state index in [0.29, 0.717) is 28.7 Å². The van der Waals surface area contributed by atoms with Crippen LogP contribution in [0, 0.1) is 5.92 Å². The molecule has 4 heteroatoms. The summed E-state index contributed by atoms with van der Waals surface area (Å²) in [4.78, 5) is 3.89. The number of hydrogen-bond donors (Lipinski definition) is 2. The van der Waals surface area contributed by atoms with E-state index in [2.05, 4.69) is 4.98 Å². The zero-order valence-electron chi connectivity index (χ0n) is 8.37. The summed E-state index contributed by atoms with van der Waals surface area (Å²) < 4.78 is 0. The van der Waals surface area contributed by atoms with Crippen LogP contribution in [0.15, 0.2) is 12.3 Å². The molecule has 0 aliphatic carbocycles. The number of rotatable bonds is 3. The molecule has 0 bridgehead atoms. The van der Waals surface area contributed by atoms with Gasteiger partial charge in [0, 0.05) is 11.8 Å². The van der Waals surface area contributed by atoms with E-state index in [0.717, 1.165) is 0 Å². The first-order chi connectivity index (χ1) is 6.50. The molecule has 0 spiro atoms. The summed E-state index contributed by atoms with van der Waals surface area (Å²) in [5.41, 5.74) is 6.25. The predicted octanol–water partition coefficient (Wildman–Crippen LogP) is 2.40. The lowest BCUT2D eigenvalue weighted by Gasteiger charge is -2.14. The number of aliphatic hydroxyl groups excluding tert-OH is 1. The third kappa shape index (κ3) is 2.86. The second-order valence-corrected chi connectivity index (χ2v) is 4.21. The number of anilines is 1. The number of nitrogens with two attached hydrogens (primary N) is 1. The van der Waals surface area contributed by atoms with Gasteiger partial charge in [0.15, 0.2) is 0 Å². The second kappa shape index (κ2) is 4.62. The molecule has 1 rings (SSSR count). The van der Waals surface area contributed by atoms with Gasteiger partial charge in [0.05, 0.1) is 11.1 Å². The van der Waals surface area contributed by atoms with E-state index in [1.807, 2.05) is 13.8 Å². The molecule has 0 saturated heterocycles. The number of nitrogen functional groups attached to an aromatic ring is 1. The fourth-order valence-electron chi connectivity index (χ4n) is 1.31. The lowest BCUT2D eigenvalue weighted by atomic mass is 10.0. The van der Waals surface area contributed by atoms with Crippen LogP contribution in [0.4, 0.5) is 5.82 Å². The largest absolute Gasteiger partial charge is 0.388 e. The van der Waals surface area contributed by atoms with Crippen molar-refractivity contribution >= 4 is 17.4 Å². The summed E-state index contributed by atoms with van der Waals surface area (Å²) in [6, 6.07) is 1.66. The quantitative estimate of drug-likeness (QED) is 0.813. The summed E-state index contributed by atoms with van der Waals surface area (Å²) in [6.07, 6.45) is 1.55. The van der Waals surface area contributed by atoms with Crippen LogP contribution < -0.4 is 5.73 Å². The first-order valence-electron chi connectivity index (χ1n) is 4.59. The Labute approximate surface area is 88.9 Å². The molecule has 0 radical (unpaired) electrons. The smallest absolute Gasteiger partial charge is 0.129 e. The maximum Gasteiger partial charge on any atom is 0.129 e. The molecule has 14 heavy (non-hydrogen) atoms. The number of aliphatic hydroxyl groups is 1. The summed E-state index contributed by atoms with van der Waals surface area (Å²) in [6.45, 7) is 4.08. The molecule has 0 amide bonds. The number of nitrogens with zero attached hydrogens (tertiary/aromatic N) is 1. The number of halogens is 1. The van der Waals surface area contributed by atoms with Crippen molar-refractivity contribution in [1.29, 1.82) is 0 Å². The highest BCUT2D eigenvalue weighted by Crippen LogP contribution is 2.26.